The number of rotatable bonds is 5. The molecule has 0 amide bonds. The third kappa shape index (κ3) is 2.79. The zero-order chi connectivity index (χ0) is 15.0. The molecular weight excluding hydrogens is 268 g/mol. The van der Waals surface area contributed by atoms with Crippen LogP contribution in [0.5, 0.6) is 0 Å². The lowest BCUT2D eigenvalue weighted by molar-refractivity contribution is 0.0449. The number of nitrogens with two attached hydrogens (primary N) is 1. The summed E-state index contributed by atoms with van der Waals surface area (Å²) in [5.74, 6) is -0.333. The minimum Gasteiger partial charge on any atom is -0.455 e. The van der Waals surface area contributed by atoms with E-state index in [4.69, 9.17) is 10.5 Å². The van der Waals surface area contributed by atoms with E-state index in [2.05, 4.69) is 5.10 Å². The predicted molar refractivity (Wildman–Crippen MR) is 78.9 cm³/mol. The number of anilines is 1. The zero-order valence-corrected chi connectivity index (χ0v) is 12.4. The van der Waals surface area contributed by atoms with Crippen molar-refractivity contribution < 1.29 is 9.53 Å². The molecule has 6 nitrogen and oxygen atoms in total. The van der Waals surface area contributed by atoms with Gasteiger partial charge in [-0.2, -0.15) is 5.10 Å². The van der Waals surface area contributed by atoms with E-state index < -0.39 is 0 Å². The van der Waals surface area contributed by atoms with Crippen LogP contribution < -0.4 is 5.73 Å². The van der Waals surface area contributed by atoms with Gasteiger partial charge in [0.25, 0.3) is 0 Å². The van der Waals surface area contributed by atoms with Crippen molar-refractivity contribution in [3.05, 3.63) is 35.4 Å². The number of nitrogen functional groups attached to an aromatic ring is 1. The molecule has 0 saturated heterocycles. The van der Waals surface area contributed by atoms with Crippen LogP contribution in [0.1, 0.15) is 47.7 Å². The van der Waals surface area contributed by atoms with Crippen molar-refractivity contribution >= 4 is 11.7 Å². The fraction of sp³-hybridized carbons (Fsp3) is 0.467. The van der Waals surface area contributed by atoms with Crippen LogP contribution in [0.2, 0.25) is 0 Å². The van der Waals surface area contributed by atoms with Crippen molar-refractivity contribution in [2.24, 2.45) is 0 Å². The number of esters is 1. The second-order valence-electron chi connectivity index (χ2n) is 5.47. The van der Waals surface area contributed by atoms with Crippen LogP contribution in [0.25, 0.3) is 0 Å². The lowest BCUT2D eigenvalue weighted by Gasteiger charge is -2.08. The van der Waals surface area contributed by atoms with Gasteiger partial charge in [0.15, 0.2) is 0 Å². The Bertz CT molecular complexity index is 667. The van der Waals surface area contributed by atoms with Gasteiger partial charge in [0.1, 0.15) is 12.3 Å². The third-order valence-electron chi connectivity index (χ3n) is 3.66. The van der Waals surface area contributed by atoms with Gasteiger partial charge < -0.3 is 15.0 Å². The van der Waals surface area contributed by atoms with E-state index in [0.717, 1.165) is 30.8 Å². The van der Waals surface area contributed by atoms with Crippen molar-refractivity contribution in [1.29, 1.82) is 0 Å². The quantitative estimate of drug-likeness (QED) is 0.856. The van der Waals surface area contributed by atoms with Crippen LogP contribution in [0, 0.1) is 6.92 Å². The summed E-state index contributed by atoms with van der Waals surface area (Å²) in [5, 5.41) is 4.34. The van der Waals surface area contributed by atoms with Gasteiger partial charge in [-0.15, -0.1) is 0 Å². The molecule has 2 aromatic rings. The molecule has 0 aliphatic heterocycles. The van der Waals surface area contributed by atoms with E-state index in [1.165, 1.54) is 0 Å². The summed E-state index contributed by atoms with van der Waals surface area (Å²) in [6.45, 7) is 4.92. The van der Waals surface area contributed by atoms with Gasteiger partial charge in [0, 0.05) is 18.8 Å². The van der Waals surface area contributed by atoms with Gasteiger partial charge in [-0.3, -0.25) is 4.68 Å². The van der Waals surface area contributed by atoms with E-state index in [-0.39, 0.29) is 12.6 Å². The molecule has 0 atom stereocenters. The molecule has 21 heavy (non-hydrogen) atoms. The van der Waals surface area contributed by atoms with Crippen molar-refractivity contribution in [2.45, 2.75) is 45.9 Å². The van der Waals surface area contributed by atoms with Crippen LogP contribution in [0.4, 0.5) is 5.69 Å². The van der Waals surface area contributed by atoms with Crippen LogP contribution in [0.15, 0.2) is 18.3 Å². The summed E-state index contributed by atoms with van der Waals surface area (Å²) in [6.07, 6.45) is 4.00. The molecule has 2 N–H and O–H groups in total. The average Bonchev–Trinajstić information content (AvgIpc) is 3.13. The SMILES string of the molecule is CCn1nc(C)cc1COC(=O)c1cc(N)cn1C1CC1. The summed E-state index contributed by atoms with van der Waals surface area (Å²) in [4.78, 5) is 12.3. The lowest BCUT2D eigenvalue weighted by Crippen LogP contribution is -2.13. The normalized spacial score (nSPS) is 14.4. The summed E-state index contributed by atoms with van der Waals surface area (Å²) >= 11 is 0. The minimum absolute atomic E-state index is 0.225. The highest BCUT2D eigenvalue weighted by molar-refractivity contribution is 5.89. The standard InChI is InChI=1S/C15H20N4O2/c1-3-19-13(6-10(2)17-19)9-21-15(20)14-7-11(16)8-18(14)12-4-5-12/h6-8,12H,3-5,9,16H2,1-2H3. The molecular formula is C15H20N4O2. The van der Waals surface area contributed by atoms with E-state index in [1.54, 1.807) is 6.07 Å². The number of ether oxygens (including phenoxy) is 1. The second-order valence-corrected chi connectivity index (χ2v) is 5.47. The largest absolute Gasteiger partial charge is 0.455 e. The monoisotopic (exact) mass is 288 g/mol. The van der Waals surface area contributed by atoms with E-state index in [0.29, 0.717) is 17.4 Å². The second kappa shape index (κ2) is 5.27. The molecule has 1 fully saturated rings. The molecule has 0 unspecified atom stereocenters. The number of carbonyl (C=O) groups excluding carboxylic acids is 1. The molecule has 1 saturated carbocycles. The maximum atomic E-state index is 12.3. The summed E-state index contributed by atoms with van der Waals surface area (Å²) in [5.41, 5.74) is 8.76. The van der Waals surface area contributed by atoms with Gasteiger partial charge in [-0.05, 0) is 38.8 Å². The Labute approximate surface area is 123 Å². The molecule has 0 radical (unpaired) electrons. The first kappa shape index (κ1) is 13.7. The number of aromatic nitrogens is 3. The Balaban J connectivity index is 1.71. The van der Waals surface area contributed by atoms with Gasteiger partial charge in [-0.1, -0.05) is 0 Å². The van der Waals surface area contributed by atoms with E-state index in [9.17, 15) is 4.79 Å². The Morgan fingerprint density at radius 1 is 1.48 bits per heavy atom. The average molecular weight is 288 g/mol. The van der Waals surface area contributed by atoms with Crippen LogP contribution in [0.3, 0.4) is 0 Å². The van der Waals surface area contributed by atoms with Gasteiger partial charge in [0.05, 0.1) is 17.1 Å². The number of carbonyl (C=O) groups is 1. The number of aryl methyl sites for hydroxylation is 2. The van der Waals surface area contributed by atoms with Crippen molar-refractivity contribution in [3.8, 4) is 0 Å². The fourth-order valence-electron chi connectivity index (χ4n) is 2.52. The molecule has 6 heteroatoms. The summed E-state index contributed by atoms with van der Waals surface area (Å²) in [6, 6.07) is 4.02. The first-order valence-electron chi connectivity index (χ1n) is 7.26. The van der Waals surface area contributed by atoms with Crippen LogP contribution in [-0.2, 0) is 17.9 Å². The van der Waals surface area contributed by atoms with Crippen molar-refractivity contribution in [3.63, 3.8) is 0 Å². The van der Waals surface area contributed by atoms with Crippen molar-refractivity contribution in [2.75, 3.05) is 5.73 Å². The highest BCUT2D eigenvalue weighted by Crippen LogP contribution is 2.37. The molecule has 0 spiro atoms. The summed E-state index contributed by atoms with van der Waals surface area (Å²) < 4.78 is 9.20. The molecule has 3 rings (SSSR count). The molecule has 2 heterocycles. The Hall–Kier alpha value is -2.24. The van der Waals surface area contributed by atoms with Crippen LogP contribution >= 0.6 is 0 Å². The summed E-state index contributed by atoms with van der Waals surface area (Å²) in [7, 11) is 0. The maximum absolute atomic E-state index is 12.3. The van der Waals surface area contributed by atoms with E-state index in [1.807, 2.05) is 35.4 Å². The molecule has 0 aromatic carbocycles. The smallest absolute Gasteiger partial charge is 0.355 e. The highest BCUT2D eigenvalue weighted by Gasteiger charge is 2.28. The zero-order valence-electron chi connectivity index (χ0n) is 12.4. The first-order valence-corrected chi connectivity index (χ1v) is 7.26. The number of nitrogens with zero attached hydrogens (tertiary/aromatic N) is 3. The fourth-order valence-corrected chi connectivity index (χ4v) is 2.52. The molecule has 1 aliphatic rings. The number of hydrogen-bond acceptors (Lipinski definition) is 4. The van der Waals surface area contributed by atoms with Gasteiger partial charge in [-0.25, -0.2) is 4.79 Å². The Kier molecular flexibility index (Phi) is 3.45. The lowest BCUT2D eigenvalue weighted by atomic mass is 10.3. The van der Waals surface area contributed by atoms with Gasteiger partial charge in [0.2, 0.25) is 0 Å². The van der Waals surface area contributed by atoms with Crippen LogP contribution in [-0.4, -0.2) is 20.3 Å². The first-order chi connectivity index (χ1) is 10.1. The molecule has 0 bridgehead atoms. The molecule has 2 aromatic heterocycles. The molecule has 112 valence electrons. The molecule has 1 aliphatic carbocycles. The third-order valence-corrected chi connectivity index (χ3v) is 3.66. The maximum Gasteiger partial charge on any atom is 0.355 e. The topological polar surface area (TPSA) is 75.1 Å². The van der Waals surface area contributed by atoms with Gasteiger partial charge >= 0.3 is 5.97 Å². The minimum atomic E-state index is -0.333. The Morgan fingerprint density at radius 2 is 2.24 bits per heavy atom. The number of hydrogen-bond donors (Lipinski definition) is 1. The Morgan fingerprint density at radius 3 is 2.90 bits per heavy atom. The van der Waals surface area contributed by atoms with E-state index >= 15 is 0 Å². The predicted octanol–water partition coefficient (Wildman–Crippen LogP) is 2.29. The van der Waals surface area contributed by atoms with Crippen molar-refractivity contribution in [1.82, 2.24) is 14.3 Å². The highest BCUT2D eigenvalue weighted by atomic mass is 16.5.